The topological polar surface area (TPSA) is 92.4 Å². The Hall–Kier alpha value is -0.950. The molecule has 1 rings (SSSR count). The second-order valence-corrected chi connectivity index (χ2v) is 6.42. The van der Waals surface area contributed by atoms with Gasteiger partial charge < -0.3 is 10.4 Å². The van der Waals surface area contributed by atoms with Crippen LogP contribution in [0.2, 0.25) is 0 Å². The molecule has 2 atom stereocenters. The number of hydrogen-bond donors (Lipinski definition) is 3. The molecule has 0 radical (unpaired) electrons. The molecule has 0 amide bonds. The smallest absolute Gasteiger partial charge is 0.238 e. The summed E-state index contributed by atoms with van der Waals surface area (Å²) in [5.74, 6) is 0.399. The SMILES string of the molecule is CC(CCO)CNC(C)c1ccc(S(N)(=O)=O)cc1. The Morgan fingerprint density at radius 1 is 1.26 bits per heavy atom. The number of nitrogens with two attached hydrogens (primary N) is 1. The normalized spacial score (nSPS) is 15.2. The van der Waals surface area contributed by atoms with E-state index in [1.807, 2.05) is 6.92 Å². The lowest BCUT2D eigenvalue weighted by Gasteiger charge is -2.17. The van der Waals surface area contributed by atoms with Gasteiger partial charge in [-0.05, 0) is 43.5 Å². The highest BCUT2D eigenvalue weighted by Gasteiger charge is 2.10. The first-order chi connectivity index (χ1) is 8.84. The zero-order valence-electron chi connectivity index (χ0n) is 11.3. The molecule has 0 aromatic heterocycles. The third-order valence-corrected chi connectivity index (χ3v) is 4.03. The van der Waals surface area contributed by atoms with Crippen LogP contribution in [0.5, 0.6) is 0 Å². The van der Waals surface area contributed by atoms with Crippen LogP contribution in [0.1, 0.15) is 31.9 Å². The van der Waals surface area contributed by atoms with Gasteiger partial charge in [0.1, 0.15) is 0 Å². The molecule has 19 heavy (non-hydrogen) atoms. The molecule has 0 saturated heterocycles. The molecule has 0 aliphatic rings. The summed E-state index contributed by atoms with van der Waals surface area (Å²) in [6, 6.07) is 6.66. The fourth-order valence-electron chi connectivity index (χ4n) is 1.76. The molecule has 1 aromatic carbocycles. The Morgan fingerprint density at radius 3 is 2.32 bits per heavy atom. The summed E-state index contributed by atoms with van der Waals surface area (Å²) in [5, 5.41) is 17.2. The molecule has 1 aromatic rings. The maximum absolute atomic E-state index is 11.1. The Kier molecular flexibility index (Phi) is 5.93. The number of hydrogen-bond acceptors (Lipinski definition) is 4. The molecule has 108 valence electrons. The lowest BCUT2D eigenvalue weighted by atomic mass is 10.1. The van der Waals surface area contributed by atoms with Crippen LogP contribution in [0.25, 0.3) is 0 Å². The van der Waals surface area contributed by atoms with Gasteiger partial charge in [0.2, 0.25) is 10.0 Å². The van der Waals surface area contributed by atoms with Crippen molar-refractivity contribution in [2.24, 2.45) is 11.1 Å². The summed E-state index contributed by atoms with van der Waals surface area (Å²) >= 11 is 0. The molecule has 5 nitrogen and oxygen atoms in total. The van der Waals surface area contributed by atoms with Crippen molar-refractivity contribution in [3.05, 3.63) is 29.8 Å². The highest BCUT2D eigenvalue weighted by molar-refractivity contribution is 7.89. The highest BCUT2D eigenvalue weighted by Crippen LogP contribution is 2.16. The molecule has 0 spiro atoms. The molecule has 0 aliphatic carbocycles. The zero-order chi connectivity index (χ0) is 14.5. The van der Waals surface area contributed by atoms with E-state index < -0.39 is 10.0 Å². The van der Waals surface area contributed by atoms with Crippen molar-refractivity contribution in [3.63, 3.8) is 0 Å². The van der Waals surface area contributed by atoms with Crippen molar-refractivity contribution < 1.29 is 13.5 Å². The zero-order valence-corrected chi connectivity index (χ0v) is 12.2. The van der Waals surface area contributed by atoms with E-state index in [4.69, 9.17) is 10.2 Å². The number of benzene rings is 1. The fraction of sp³-hybridized carbons (Fsp3) is 0.538. The molecule has 0 aliphatic heterocycles. The fourth-order valence-corrected chi connectivity index (χ4v) is 2.28. The standard InChI is InChI=1S/C13H22N2O3S/c1-10(7-8-16)9-15-11(2)12-3-5-13(6-4-12)19(14,17)18/h3-6,10-11,15-16H,7-9H2,1-2H3,(H2,14,17,18). The minimum atomic E-state index is -3.63. The number of aliphatic hydroxyl groups is 1. The van der Waals surface area contributed by atoms with Gasteiger partial charge in [-0.2, -0.15) is 0 Å². The van der Waals surface area contributed by atoms with Gasteiger partial charge in [0.15, 0.2) is 0 Å². The maximum Gasteiger partial charge on any atom is 0.238 e. The van der Waals surface area contributed by atoms with Gasteiger partial charge in [0.05, 0.1) is 4.90 Å². The van der Waals surface area contributed by atoms with E-state index in [2.05, 4.69) is 12.2 Å². The summed E-state index contributed by atoms with van der Waals surface area (Å²) in [5.41, 5.74) is 1.00. The van der Waals surface area contributed by atoms with Crippen molar-refractivity contribution in [2.45, 2.75) is 31.2 Å². The predicted octanol–water partition coefficient (Wildman–Crippen LogP) is 1.00. The van der Waals surface area contributed by atoms with Crippen molar-refractivity contribution in [3.8, 4) is 0 Å². The van der Waals surface area contributed by atoms with Crippen LogP contribution in [0.4, 0.5) is 0 Å². The summed E-state index contributed by atoms with van der Waals surface area (Å²) in [6.45, 7) is 5.08. The van der Waals surface area contributed by atoms with E-state index >= 15 is 0 Å². The summed E-state index contributed by atoms with van der Waals surface area (Å²) in [6.07, 6.45) is 0.768. The lowest BCUT2D eigenvalue weighted by Crippen LogP contribution is -2.25. The summed E-state index contributed by atoms with van der Waals surface area (Å²) in [4.78, 5) is 0.122. The third kappa shape index (κ3) is 5.28. The molecule has 0 bridgehead atoms. The maximum atomic E-state index is 11.1. The average molecular weight is 286 g/mol. The van der Waals surface area contributed by atoms with E-state index in [9.17, 15) is 8.42 Å². The number of rotatable bonds is 7. The van der Waals surface area contributed by atoms with Crippen LogP contribution in [-0.2, 0) is 10.0 Å². The Balaban J connectivity index is 2.61. The molecule has 4 N–H and O–H groups in total. The highest BCUT2D eigenvalue weighted by atomic mass is 32.2. The van der Waals surface area contributed by atoms with E-state index in [0.29, 0.717) is 5.92 Å². The van der Waals surface area contributed by atoms with E-state index in [-0.39, 0.29) is 17.5 Å². The monoisotopic (exact) mass is 286 g/mol. The van der Waals surface area contributed by atoms with Gasteiger partial charge in [-0.1, -0.05) is 19.1 Å². The second kappa shape index (κ2) is 7.00. The summed E-state index contributed by atoms with van der Waals surface area (Å²) < 4.78 is 22.3. The number of nitrogens with one attached hydrogen (secondary N) is 1. The van der Waals surface area contributed by atoms with Crippen LogP contribution in [-0.4, -0.2) is 26.7 Å². The first kappa shape index (κ1) is 16.1. The van der Waals surface area contributed by atoms with Crippen molar-refractivity contribution >= 4 is 10.0 Å². The van der Waals surface area contributed by atoms with Gasteiger partial charge in [0.25, 0.3) is 0 Å². The minimum Gasteiger partial charge on any atom is -0.396 e. The molecule has 0 saturated carbocycles. The first-order valence-electron chi connectivity index (χ1n) is 6.31. The van der Waals surface area contributed by atoms with Gasteiger partial charge in [-0.3, -0.25) is 0 Å². The molecular formula is C13H22N2O3S. The molecule has 2 unspecified atom stereocenters. The van der Waals surface area contributed by atoms with Gasteiger partial charge >= 0.3 is 0 Å². The largest absolute Gasteiger partial charge is 0.396 e. The summed E-state index contributed by atoms with van der Waals surface area (Å²) in [7, 11) is -3.63. The van der Waals surface area contributed by atoms with Crippen molar-refractivity contribution in [2.75, 3.05) is 13.2 Å². The van der Waals surface area contributed by atoms with Crippen LogP contribution in [0, 0.1) is 5.92 Å². The van der Waals surface area contributed by atoms with Crippen LogP contribution >= 0.6 is 0 Å². The second-order valence-electron chi connectivity index (χ2n) is 4.86. The van der Waals surface area contributed by atoms with E-state index in [0.717, 1.165) is 18.5 Å². The molecular weight excluding hydrogens is 264 g/mol. The Bertz CT molecular complexity index is 485. The van der Waals surface area contributed by atoms with E-state index in [1.54, 1.807) is 12.1 Å². The number of aliphatic hydroxyl groups excluding tert-OH is 1. The predicted molar refractivity (Wildman–Crippen MR) is 75.1 cm³/mol. The number of sulfonamides is 1. The van der Waals surface area contributed by atoms with Gasteiger partial charge in [-0.25, -0.2) is 13.6 Å². The van der Waals surface area contributed by atoms with Gasteiger partial charge in [0, 0.05) is 12.6 Å². The Labute approximate surface area is 114 Å². The third-order valence-electron chi connectivity index (χ3n) is 3.10. The van der Waals surface area contributed by atoms with E-state index in [1.165, 1.54) is 12.1 Å². The first-order valence-corrected chi connectivity index (χ1v) is 7.86. The van der Waals surface area contributed by atoms with Crippen molar-refractivity contribution in [1.29, 1.82) is 0 Å². The van der Waals surface area contributed by atoms with Crippen LogP contribution in [0.3, 0.4) is 0 Å². The molecule has 6 heteroatoms. The quantitative estimate of drug-likeness (QED) is 0.697. The Morgan fingerprint density at radius 2 is 1.84 bits per heavy atom. The average Bonchev–Trinajstić information content (AvgIpc) is 2.35. The van der Waals surface area contributed by atoms with Crippen LogP contribution < -0.4 is 10.5 Å². The van der Waals surface area contributed by atoms with Gasteiger partial charge in [-0.15, -0.1) is 0 Å². The molecule has 0 heterocycles. The molecule has 0 fully saturated rings. The van der Waals surface area contributed by atoms with Crippen molar-refractivity contribution in [1.82, 2.24) is 5.32 Å². The minimum absolute atomic E-state index is 0.121. The lowest BCUT2D eigenvalue weighted by molar-refractivity contribution is 0.258. The van der Waals surface area contributed by atoms with Crippen LogP contribution in [0.15, 0.2) is 29.2 Å². The number of primary sulfonamides is 1.